The van der Waals surface area contributed by atoms with Crippen LogP contribution in [0.3, 0.4) is 0 Å². The lowest BCUT2D eigenvalue weighted by Gasteiger charge is -2.26. The van der Waals surface area contributed by atoms with Crippen molar-refractivity contribution >= 4 is 29.1 Å². The molecule has 0 saturated carbocycles. The van der Waals surface area contributed by atoms with Gasteiger partial charge in [-0.25, -0.2) is 4.79 Å². The van der Waals surface area contributed by atoms with Crippen molar-refractivity contribution in [2.75, 3.05) is 12.8 Å². The van der Waals surface area contributed by atoms with Crippen LogP contribution in [0.5, 0.6) is 0 Å². The van der Waals surface area contributed by atoms with E-state index >= 15 is 0 Å². The highest BCUT2D eigenvalue weighted by Crippen LogP contribution is 2.55. The third-order valence-corrected chi connectivity index (χ3v) is 9.05. The van der Waals surface area contributed by atoms with Crippen molar-refractivity contribution in [3.8, 4) is 0 Å². The first kappa shape index (κ1) is 23.8. The summed E-state index contributed by atoms with van der Waals surface area (Å²) >= 11 is 0. The molecule has 30 heavy (non-hydrogen) atoms. The number of hydrogen-bond donors (Lipinski definition) is 0. The van der Waals surface area contributed by atoms with E-state index in [0.29, 0.717) is 19.2 Å². The third-order valence-electron chi connectivity index (χ3n) is 4.78. The number of esters is 1. The van der Waals surface area contributed by atoms with Crippen LogP contribution in [-0.4, -0.2) is 18.7 Å². The number of allylic oxidation sites excluding steroid dienone is 2. The van der Waals surface area contributed by atoms with Crippen molar-refractivity contribution in [3.63, 3.8) is 0 Å². The zero-order valence-corrected chi connectivity index (χ0v) is 19.3. The molecule has 4 heteroatoms. The normalized spacial score (nSPS) is 10.9. The fourth-order valence-corrected chi connectivity index (χ4v) is 7.41. The van der Waals surface area contributed by atoms with Gasteiger partial charge in [0.05, 0.1) is 6.61 Å². The Morgan fingerprint density at radius 1 is 0.800 bits per heavy atom. The first-order valence-electron chi connectivity index (χ1n) is 9.75. The van der Waals surface area contributed by atoms with Crippen LogP contribution in [0.2, 0.25) is 0 Å². The highest BCUT2D eigenvalue weighted by Gasteiger charge is 2.47. The van der Waals surface area contributed by atoms with E-state index in [0.717, 1.165) is 0 Å². The quantitative estimate of drug-likeness (QED) is 0.201. The second kappa shape index (κ2) is 12.3. The van der Waals surface area contributed by atoms with Crippen LogP contribution in [-0.2, 0) is 9.53 Å². The number of ether oxygens (including phenoxy) is 1. The van der Waals surface area contributed by atoms with Crippen LogP contribution < -0.4 is 32.9 Å². The van der Waals surface area contributed by atoms with Crippen molar-refractivity contribution < 1.29 is 26.5 Å². The van der Waals surface area contributed by atoms with E-state index < -0.39 is 7.26 Å². The van der Waals surface area contributed by atoms with Gasteiger partial charge in [-0.2, -0.15) is 0 Å². The van der Waals surface area contributed by atoms with E-state index in [1.54, 1.807) is 6.08 Å². The molecule has 0 radical (unpaired) electrons. The van der Waals surface area contributed by atoms with Crippen LogP contribution in [0.1, 0.15) is 6.42 Å². The highest BCUT2D eigenvalue weighted by atomic mass is 79.9. The van der Waals surface area contributed by atoms with Crippen molar-refractivity contribution in [2.24, 2.45) is 0 Å². The number of hydrogen-bond acceptors (Lipinski definition) is 2. The molecule has 0 N–H and O–H groups in total. The molecule has 154 valence electrons. The molecule has 0 amide bonds. The lowest BCUT2D eigenvalue weighted by atomic mass is 10.4. The van der Waals surface area contributed by atoms with Gasteiger partial charge in [-0.3, -0.25) is 0 Å². The maximum absolute atomic E-state index is 13.0. The molecule has 0 aliphatic carbocycles. The Labute approximate surface area is 190 Å². The molecule has 3 aromatic rings. The van der Waals surface area contributed by atoms with Crippen LogP contribution in [0.15, 0.2) is 116 Å². The minimum atomic E-state index is -2.18. The minimum absolute atomic E-state index is 0. The molecular weight excluding hydrogens is 455 g/mol. The molecule has 0 bridgehead atoms. The molecule has 0 aliphatic rings. The summed E-state index contributed by atoms with van der Waals surface area (Å²) in [7, 11) is -2.18. The van der Waals surface area contributed by atoms with Gasteiger partial charge in [0.25, 0.3) is 0 Å². The summed E-state index contributed by atoms with van der Waals surface area (Å²) in [6.07, 6.45) is 6.57. The van der Waals surface area contributed by atoms with Gasteiger partial charge in [0.2, 0.25) is 0 Å². The number of carbonyl (C=O) groups excluding carboxylic acids is 1. The van der Waals surface area contributed by atoms with Gasteiger partial charge in [-0.15, -0.1) is 0 Å². The summed E-state index contributed by atoms with van der Waals surface area (Å²) in [5.74, 6) is -0.165. The molecule has 0 aromatic heterocycles. The summed E-state index contributed by atoms with van der Waals surface area (Å²) in [5, 5.41) is 3.54. The van der Waals surface area contributed by atoms with Crippen molar-refractivity contribution in [3.05, 3.63) is 116 Å². The Morgan fingerprint density at radius 3 is 1.63 bits per heavy atom. The Balaban J connectivity index is 0.00000320. The number of carbonyl (C=O) groups is 1. The molecular formula is C26H26BrO2P. The van der Waals surface area contributed by atoms with Crippen LogP contribution in [0.25, 0.3) is 0 Å². The summed E-state index contributed by atoms with van der Waals surface area (Å²) in [4.78, 5) is 13.0. The molecule has 0 heterocycles. The van der Waals surface area contributed by atoms with Gasteiger partial charge in [0, 0.05) is 0 Å². The number of halogens is 1. The van der Waals surface area contributed by atoms with Crippen molar-refractivity contribution in [2.45, 2.75) is 6.42 Å². The first-order chi connectivity index (χ1) is 14.3. The van der Waals surface area contributed by atoms with Gasteiger partial charge in [-0.05, 0) is 42.8 Å². The molecule has 0 fully saturated rings. The van der Waals surface area contributed by atoms with E-state index in [2.05, 4.69) is 43.0 Å². The second-order valence-corrected chi connectivity index (χ2v) is 10.1. The lowest BCUT2D eigenvalue weighted by Crippen LogP contribution is -3.00. The second-order valence-electron chi connectivity index (χ2n) is 6.65. The third kappa shape index (κ3) is 5.78. The van der Waals surface area contributed by atoms with Gasteiger partial charge in [-0.1, -0.05) is 79.4 Å². The van der Waals surface area contributed by atoms with E-state index in [1.165, 1.54) is 15.9 Å². The van der Waals surface area contributed by atoms with E-state index in [4.69, 9.17) is 4.74 Å². The van der Waals surface area contributed by atoms with Crippen molar-refractivity contribution in [1.29, 1.82) is 0 Å². The molecule has 0 atom stereocenters. The summed E-state index contributed by atoms with van der Waals surface area (Å²) in [6, 6.07) is 31.1. The largest absolute Gasteiger partial charge is 1.00 e. The number of rotatable bonds is 9. The average Bonchev–Trinajstić information content (AvgIpc) is 2.79. The SMILES string of the molecule is C=CC=CCCOC(=O)C[P+](c1ccccc1)(c1ccccc1)c1ccccc1.[Br-]. The summed E-state index contributed by atoms with van der Waals surface area (Å²) < 4.78 is 5.61. The molecule has 2 nitrogen and oxygen atoms in total. The van der Waals surface area contributed by atoms with Crippen LogP contribution in [0.4, 0.5) is 0 Å². The Bertz CT molecular complexity index is 844. The van der Waals surface area contributed by atoms with Crippen LogP contribution in [0, 0.1) is 0 Å². The monoisotopic (exact) mass is 480 g/mol. The molecule has 3 rings (SSSR count). The predicted molar refractivity (Wildman–Crippen MR) is 125 cm³/mol. The van der Waals surface area contributed by atoms with E-state index in [9.17, 15) is 4.79 Å². The number of benzene rings is 3. The fraction of sp³-hybridized carbons (Fsp3) is 0.115. The van der Waals surface area contributed by atoms with Gasteiger partial charge < -0.3 is 21.7 Å². The van der Waals surface area contributed by atoms with Gasteiger partial charge >= 0.3 is 5.97 Å². The topological polar surface area (TPSA) is 26.3 Å². The average molecular weight is 481 g/mol. The summed E-state index contributed by atoms with van der Waals surface area (Å²) in [6.45, 7) is 4.03. The Kier molecular flexibility index (Phi) is 9.73. The maximum Gasteiger partial charge on any atom is 0.345 e. The van der Waals surface area contributed by atoms with Crippen molar-refractivity contribution in [1.82, 2.24) is 0 Å². The lowest BCUT2D eigenvalue weighted by molar-refractivity contribution is -0.140. The smallest absolute Gasteiger partial charge is 0.345 e. The molecule has 3 aromatic carbocycles. The molecule has 0 aliphatic heterocycles. The Hall–Kier alpha value is -2.48. The standard InChI is InChI=1S/C26H26O2P.BrH/c1-2-3-4-14-21-28-26(27)22-29(23-15-8-5-9-16-23,24-17-10-6-11-18-24)25-19-12-7-13-20-25;/h2-13,15-20H,1,14,21-22H2;1H/q+1;/p-1. The molecule has 0 spiro atoms. The van der Waals surface area contributed by atoms with E-state index in [1.807, 2.05) is 66.7 Å². The van der Waals surface area contributed by atoms with Gasteiger partial charge in [0.15, 0.2) is 6.16 Å². The fourth-order valence-electron chi connectivity index (χ4n) is 3.44. The summed E-state index contributed by atoms with van der Waals surface area (Å²) in [5.41, 5.74) is 0. The Morgan fingerprint density at radius 2 is 1.23 bits per heavy atom. The molecule has 0 unspecified atom stereocenters. The highest BCUT2D eigenvalue weighted by molar-refractivity contribution is 7.96. The molecule has 0 saturated heterocycles. The first-order valence-corrected chi connectivity index (χ1v) is 11.7. The van der Waals surface area contributed by atoms with Crippen LogP contribution >= 0.6 is 7.26 Å². The predicted octanol–water partition coefficient (Wildman–Crippen LogP) is 1.66. The van der Waals surface area contributed by atoms with Gasteiger partial charge in [0.1, 0.15) is 23.2 Å². The zero-order valence-electron chi connectivity index (χ0n) is 16.9. The maximum atomic E-state index is 13.0. The zero-order chi connectivity index (χ0) is 20.4. The minimum Gasteiger partial charge on any atom is -1.00 e. The van der Waals surface area contributed by atoms with E-state index in [-0.39, 0.29) is 23.0 Å².